The van der Waals surface area contributed by atoms with E-state index in [9.17, 15) is 14.0 Å². The van der Waals surface area contributed by atoms with Crippen LogP contribution in [0.5, 0.6) is 17.2 Å². The Labute approximate surface area is 200 Å². The van der Waals surface area contributed by atoms with Crippen molar-refractivity contribution >= 4 is 34.1 Å². The molecule has 0 unspecified atom stereocenters. The Hall–Kier alpha value is -4.46. The molecule has 176 valence electrons. The Morgan fingerprint density at radius 1 is 0.914 bits per heavy atom. The number of ether oxygens (including phenoxy) is 2. The van der Waals surface area contributed by atoms with Crippen molar-refractivity contribution in [2.45, 2.75) is 12.8 Å². The number of methoxy groups -OCH3 is 1. The number of benzene rings is 3. The van der Waals surface area contributed by atoms with E-state index in [-0.39, 0.29) is 5.69 Å². The highest BCUT2D eigenvalue weighted by atomic mass is 19.1. The Morgan fingerprint density at radius 2 is 1.63 bits per heavy atom. The zero-order chi connectivity index (χ0) is 24.4. The Bertz CT molecular complexity index is 1420. The summed E-state index contributed by atoms with van der Waals surface area (Å²) in [5.41, 5.74) is 0.149. The first-order valence-corrected chi connectivity index (χ1v) is 11.1. The van der Waals surface area contributed by atoms with Crippen molar-refractivity contribution in [1.29, 1.82) is 0 Å². The van der Waals surface area contributed by atoms with Gasteiger partial charge in [-0.05, 0) is 73.5 Å². The van der Waals surface area contributed by atoms with Crippen molar-refractivity contribution in [1.82, 2.24) is 4.98 Å². The van der Waals surface area contributed by atoms with Gasteiger partial charge in [-0.15, -0.1) is 0 Å². The van der Waals surface area contributed by atoms with E-state index >= 15 is 0 Å². The molecule has 1 aliphatic rings. The van der Waals surface area contributed by atoms with E-state index in [2.05, 4.69) is 15.6 Å². The topological polar surface area (TPSA) is 89.6 Å². The number of rotatable bonds is 7. The molecule has 3 aromatic carbocycles. The van der Waals surface area contributed by atoms with Crippen LogP contribution in [0.15, 0.2) is 79.0 Å². The molecule has 1 saturated carbocycles. The average Bonchev–Trinajstić information content (AvgIpc) is 3.69. The molecule has 1 fully saturated rings. The summed E-state index contributed by atoms with van der Waals surface area (Å²) >= 11 is 0. The summed E-state index contributed by atoms with van der Waals surface area (Å²) in [6, 6.07) is 20.0. The fourth-order valence-electron chi connectivity index (χ4n) is 3.79. The number of fused-ring (bicyclic) bond motifs is 1. The van der Waals surface area contributed by atoms with Gasteiger partial charge in [0.2, 0.25) is 11.8 Å². The smallest absolute Gasteiger partial charge is 0.240 e. The van der Waals surface area contributed by atoms with E-state index in [0.29, 0.717) is 35.8 Å². The number of hydrogen-bond donors (Lipinski definition) is 2. The first-order chi connectivity index (χ1) is 17.0. The van der Waals surface area contributed by atoms with Crippen molar-refractivity contribution < 1.29 is 23.5 Å². The third-order valence-electron chi connectivity index (χ3n) is 5.99. The molecule has 0 spiro atoms. The van der Waals surface area contributed by atoms with Crippen molar-refractivity contribution in [3.8, 4) is 17.2 Å². The number of aromatic nitrogens is 1. The number of carbonyl (C=O) groups is 2. The second kappa shape index (κ2) is 9.06. The molecule has 0 saturated heterocycles. The molecule has 35 heavy (non-hydrogen) atoms. The highest BCUT2D eigenvalue weighted by Crippen LogP contribution is 2.47. The summed E-state index contributed by atoms with van der Waals surface area (Å²) < 4.78 is 25.2. The zero-order valence-corrected chi connectivity index (χ0v) is 18.9. The van der Waals surface area contributed by atoms with Crippen molar-refractivity contribution in [3.05, 3.63) is 84.8 Å². The van der Waals surface area contributed by atoms with E-state index in [1.54, 1.807) is 49.7 Å². The number of para-hydroxylation sites is 1. The number of halogens is 1. The van der Waals surface area contributed by atoms with Crippen LogP contribution in [-0.4, -0.2) is 23.9 Å². The SMILES string of the molecule is COc1ccc2nccc(Oc3ccc(NC(=O)C4(C(=O)Nc5ccccc5F)CC4)cc3)c2c1. The van der Waals surface area contributed by atoms with Crippen LogP contribution in [0.1, 0.15) is 12.8 Å². The molecule has 2 N–H and O–H groups in total. The van der Waals surface area contributed by atoms with Gasteiger partial charge in [-0.25, -0.2) is 4.39 Å². The number of amides is 2. The minimum Gasteiger partial charge on any atom is -0.497 e. The van der Waals surface area contributed by atoms with Crippen LogP contribution < -0.4 is 20.1 Å². The quantitative estimate of drug-likeness (QED) is 0.346. The standard InChI is InChI=1S/C27H22FN3O4/c1-34-19-10-11-22-20(16-19)24(12-15-29-22)35-18-8-6-17(7-9-18)30-25(32)27(13-14-27)26(33)31-23-5-3-2-4-21(23)28/h2-12,15-16H,13-14H2,1H3,(H,30,32)(H,31,33). The predicted octanol–water partition coefficient (Wildman–Crippen LogP) is 5.53. The van der Waals surface area contributed by atoms with Crippen LogP contribution in [0, 0.1) is 11.2 Å². The van der Waals surface area contributed by atoms with Gasteiger partial charge < -0.3 is 20.1 Å². The number of carbonyl (C=O) groups excluding carboxylic acids is 2. The van der Waals surface area contributed by atoms with Gasteiger partial charge in [-0.3, -0.25) is 14.6 Å². The minimum absolute atomic E-state index is 0.0549. The first-order valence-electron chi connectivity index (χ1n) is 11.1. The van der Waals surface area contributed by atoms with E-state index in [1.807, 2.05) is 18.2 Å². The summed E-state index contributed by atoms with van der Waals surface area (Å²) in [6.45, 7) is 0. The Morgan fingerprint density at radius 3 is 2.34 bits per heavy atom. The van der Waals surface area contributed by atoms with Crippen molar-refractivity contribution in [2.75, 3.05) is 17.7 Å². The molecule has 8 heteroatoms. The van der Waals surface area contributed by atoms with Gasteiger partial charge in [-0.2, -0.15) is 0 Å². The van der Waals surface area contributed by atoms with E-state index in [1.165, 1.54) is 18.2 Å². The van der Waals surface area contributed by atoms with E-state index in [4.69, 9.17) is 9.47 Å². The largest absolute Gasteiger partial charge is 0.497 e. The molecule has 7 nitrogen and oxygen atoms in total. The predicted molar refractivity (Wildman–Crippen MR) is 130 cm³/mol. The lowest BCUT2D eigenvalue weighted by atomic mass is 10.0. The molecule has 1 aliphatic carbocycles. The normalized spacial score (nSPS) is 13.7. The van der Waals surface area contributed by atoms with Crippen molar-refractivity contribution in [2.24, 2.45) is 5.41 Å². The Kier molecular flexibility index (Phi) is 5.78. The lowest BCUT2D eigenvalue weighted by molar-refractivity contribution is -0.131. The van der Waals surface area contributed by atoms with Crippen LogP contribution in [0.25, 0.3) is 10.9 Å². The molecule has 1 heterocycles. The molecule has 0 aliphatic heterocycles. The maximum atomic E-state index is 13.9. The molecule has 0 atom stereocenters. The van der Waals surface area contributed by atoms with Gasteiger partial charge in [0.15, 0.2) is 0 Å². The molecule has 4 aromatic rings. The highest BCUT2D eigenvalue weighted by Gasteiger charge is 2.56. The molecule has 0 bridgehead atoms. The van der Waals surface area contributed by atoms with Crippen LogP contribution in [0.3, 0.4) is 0 Å². The first kappa shape index (κ1) is 22.3. The monoisotopic (exact) mass is 471 g/mol. The summed E-state index contributed by atoms with van der Waals surface area (Å²) in [7, 11) is 1.60. The van der Waals surface area contributed by atoms with Crippen molar-refractivity contribution in [3.63, 3.8) is 0 Å². The second-order valence-electron chi connectivity index (χ2n) is 8.29. The molecule has 0 radical (unpaired) electrons. The third-order valence-corrected chi connectivity index (χ3v) is 5.99. The van der Waals surface area contributed by atoms with Crippen LogP contribution in [-0.2, 0) is 9.59 Å². The van der Waals surface area contributed by atoms with Crippen LogP contribution in [0.2, 0.25) is 0 Å². The molecule has 1 aromatic heterocycles. The molecule has 2 amide bonds. The summed E-state index contributed by atoms with van der Waals surface area (Å²) in [6.07, 6.45) is 2.47. The lowest BCUT2D eigenvalue weighted by Gasteiger charge is -2.16. The second-order valence-corrected chi connectivity index (χ2v) is 8.29. The van der Waals surface area contributed by atoms with Crippen LogP contribution >= 0.6 is 0 Å². The zero-order valence-electron chi connectivity index (χ0n) is 18.9. The number of pyridine rings is 1. The van der Waals surface area contributed by atoms with E-state index in [0.717, 1.165) is 10.9 Å². The van der Waals surface area contributed by atoms with Gasteiger partial charge in [0.1, 0.15) is 28.5 Å². The van der Waals surface area contributed by atoms with Gasteiger partial charge in [-0.1, -0.05) is 12.1 Å². The minimum atomic E-state index is -1.20. The van der Waals surface area contributed by atoms with E-state index < -0.39 is 23.0 Å². The molecule has 5 rings (SSSR count). The maximum Gasteiger partial charge on any atom is 0.240 e. The van der Waals surface area contributed by atoms with Gasteiger partial charge in [0, 0.05) is 17.3 Å². The average molecular weight is 471 g/mol. The van der Waals surface area contributed by atoms with Gasteiger partial charge >= 0.3 is 0 Å². The lowest BCUT2D eigenvalue weighted by Crippen LogP contribution is -2.35. The number of nitrogens with zero attached hydrogens (tertiary/aromatic N) is 1. The third kappa shape index (κ3) is 4.50. The highest BCUT2D eigenvalue weighted by molar-refractivity contribution is 6.16. The molecular weight excluding hydrogens is 449 g/mol. The summed E-state index contributed by atoms with van der Waals surface area (Å²) in [5.74, 6) is 0.394. The number of anilines is 2. The fraction of sp³-hybridized carbons (Fsp3) is 0.148. The number of nitrogens with one attached hydrogen (secondary N) is 2. The summed E-state index contributed by atoms with van der Waals surface area (Å²) in [5, 5.41) is 6.12. The molecular formula is C27H22FN3O4. The number of hydrogen-bond acceptors (Lipinski definition) is 5. The summed E-state index contributed by atoms with van der Waals surface area (Å²) in [4.78, 5) is 29.9. The maximum absolute atomic E-state index is 13.9. The van der Waals surface area contributed by atoms with Gasteiger partial charge in [0.25, 0.3) is 0 Å². The fourth-order valence-corrected chi connectivity index (χ4v) is 3.79. The Balaban J connectivity index is 1.27. The van der Waals surface area contributed by atoms with Crippen LogP contribution in [0.4, 0.5) is 15.8 Å². The van der Waals surface area contributed by atoms with Gasteiger partial charge in [0.05, 0.1) is 18.3 Å².